The van der Waals surface area contributed by atoms with E-state index in [-0.39, 0.29) is 22.9 Å². The van der Waals surface area contributed by atoms with Crippen molar-refractivity contribution in [2.24, 2.45) is 0 Å². The number of rotatable bonds is 8. The van der Waals surface area contributed by atoms with E-state index in [9.17, 15) is 25.6 Å². The predicted molar refractivity (Wildman–Crippen MR) is 71.5 cm³/mol. The van der Waals surface area contributed by atoms with E-state index in [1.54, 1.807) is 0 Å². The molecule has 0 amide bonds. The third-order valence-corrected chi connectivity index (χ3v) is 4.99. The molecular formula is C10H12ClF2NO5S2. The quantitative estimate of drug-likeness (QED) is 0.553. The molecule has 0 radical (unpaired) electrons. The van der Waals surface area contributed by atoms with Gasteiger partial charge in [0.15, 0.2) is 0 Å². The minimum Gasteiger partial charge on any atom is -0.374 e. The lowest BCUT2D eigenvalue weighted by atomic mass is 10.4. The van der Waals surface area contributed by atoms with E-state index in [0.717, 1.165) is 12.1 Å². The third kappa shape index (κ3) is 6.22. The average Bonchev–Trinajstić information content (AvgIpc) is 2.37. The van der Waals surface area contributed by atoms with Crippen LogP contribution in [0.3, 0.4) is 0 Å². The molecule has 1 rings (SSSR count). The molecule has 0 spiro atoms. The van der Waals surface area contributed by atoms with Gasteiger partial charge in [0.1, 0.15) is 6.61 Å². The van der Waals surface area contributed by atoms with E-state index in [2.05, 4.69) is 9.46 Å². The lowest BCUT2D eigenvalue weighted by Crippen LogP contribution is -2.28. The van der Waals surface area contributed by atoms with E-state index in [0.29, 0.717) is 0 Å². The number of hydrogen-bond acceptors (Lipinski definition) is 5. The van der Waals surface area contributed by atoms with E-state index < -0.39 is 32.1 Å². The number of benzene rings is 1. The summed E-state index contributed by atoms with van der Waals surface area (Å²) in [6.07, 6.45) is -2.63. The fraction of sp³-hybridized carbons (Fsp3) is 0.400. The maximum atomic E-state index is 11.9. The second-order valence-corrected chi connectivity index (χ2v) is 8.11. The number of alkyl halides is 2. The van der Waals surface area contributed by atoms with Crippen LogP contribution in [0.4, 0.5) is 8.78 Å². The molecule has 0 fully saturated rings. The van der Waals surface area contributed by atoms with Crippen LogP contribution in [0, 0.1) is 0 Å². The van der Waals surface area contributed by atoms with E-state index in [1.807, 2.05) is 0 Å². The van der Waals surface area contributed by atoms with Crippen LogP contribution in [0.1, 0.15) is 0 Å². The van der Waals surface area contributed by atoms with Crippen molar-refractivity contribution < 1.29 is 30.4 Å². The van der Waals surface area contributed by atoms with E-state index in [4.69, 9.17) is 10.7 Å². The summed E-state index contributed by atoms with van der Waals surface area (Å²) in [6.45, 7) is -1.26. The van der Waals surface area contributed by atoms with Gasteiger partial charge in [-0.3, -0.25) is 0 Å². The van der Waals surface area contributed by atoms with Crippen LogP contribution in [0.2, 0.25) is 0 Å². The van der Waals surface area contributed by atoms with Crippen LogP contribution < -0.4 is 4.72 Å². The molecule has 6 nitrogen and oxygen atoms in total. The number of hydrogen-bond donors (Lipinski definition) is 1. The van der Waals surface area contributed by atoms with Crippen molar-refractivity contribution in [2.45, 2.75) is 16.2 Å². The highest BCUT2D eigenvalue weighted by atomic mass is 35.7. The van der Waals surface area contributed by atoms with Gasteiger partial charge in [-0.15, -0.1) is 0 Å². The minimum absolute atomic E-state index is 0.229. The van der Waals surface area contributed by atoms with Crippen LogP contribution in [-0.2, 0) is 23.8 Å². The molecule has 0 saturated carbocycles. The summed E-state index contributed by atoms with van der Waals surface area (Å²) in [5.74, 6) is 0. The largest absolute Gasteiger partial charge is 0.374 e. The Bertz CT molecular complexity index is 678. The fourth-order valence-electron chi connectivity index (χ4n) is 1.30. The monoisotopic (exact) mass is 363 g/mol. The zero-order valence-electron chi connectivity index (χ0n) is 10.5. The molecule has 21 heavy (non-hydrogen) atoms. The topological polar surface area (TPSA) is 89.5 Å². The molecule has 120 valence electrons. The molecule has 0 aliphatic rings. The van der Waals surface area contributed by atoms with Crippen molar-refractivity contribution in [3.8, 4) is 0 Å². The van der Waals surface area contributed by atoms with E-state index in [1.165, 1.54) is 12.1 Å². The molecule has 0 bridgehead atoms. The van der Waals surface area contributed by atoms with Gasteiger partial charge in [-0.2, -0.15) is 0 Å². The first-order valence-electron chi connectivity index (χ1n) is 5.53. The van der Waals surface area contributed by atoms with Gasteiger partial charge < -0.3 is 4.74 Å². The van der Waals surface area contributed by atoms with E-state index >= 15 is 0 Å². The molecule has 1 aromatic rings. The number of ether oxygens (including phenoxy) is 1. The average molecular weight is 364 g/mol. The summed E-state index contributed by atoms with van der Waals surface area (Å²) in [7, 11) is -2.91. The highest BCUT2D eigenvalue weighted by molar-refractivity contribution is 8.13. The molecule has 1 N–H and O–H groups in total. The van der Waals surface area contributed by atoms with Crippen LogP contribution in [0.5, 0.6) is 0 Å². The first kappa shape index (κ1) is 18.2. The van der Waals surface area contributed by atoms with Crippen molar-refractivity contribution in [2.75, 3.05) is 19.8 Å². The second-order valence-electron chi connectivity index (χ2n) is 3.78. The van der Waals surface area contributed by atoms with Gasteiger partial charge in [-0.1, -0.05) is 6.07 Å². The van der Waals surface area contributed by atoms with Gasteiger partial charge >= 0.3 is 0 Å². The van der Waals surface area contributed by atoms with Crippen molar-refractivity contribution in [3.05, 3.63) is 24.3 Å². The second kappa shape index (κ2) is 7.45. The van der Waals surface area contributed by atoms with Gasteiger partial charge in [-0.25, -0.2) is 30.3 Å². The molecule has 0 aliphatic heterocycles. The van der Waals surface area contributed by atoms with Gasteiger partial charge in [0, 0.05) is 17.2 Å². The third-order valence-electron chi connectivity index (χ3n) is 2.18. The molecule has 0 heterocycles. The molecule has 0 aliphatic carbocycles. The highest BCUT2D eigenvalue weighted by Crippen LogP contribution is 2.18. The summed E-state index contributed by atoms with van der Waals surface area (Å²) in [6, 6.07) is 4.43. The lowest BCUT2D eigenvalue weighted by molar-refractivity contribution is 0.0199. The summed E-state index contributed by atoms with van der Waals surface area (Å²) < 4.78 is 76.2. The molecule has 0 unspecified atom stereocenters. The number of nitrogens with one attached hydrogen (secondary N) is 1. The minimum atomic E-state index is -4.05. The molecule has 1 aromatic carbocycles. The highest BCUT2D eigenvalue weighted by Gasteiger charge is 2.17. The van der Waals surface area contributed by atoms with Crippen LogP contribution >= 0.6 is 10.7 Å². The molecular weight excluding hydrogens is 352 g/mol. The Kier molecular flexibility index (Phi) is 6.47. The van der Waals surface area contributed by atoms with Crippen molar-refractivity contribution in [1.82, 2.24) is 4.72 Å². The Labute approximate surface area is 125 Å². The summed E-state index contributed by atoms with van der Waals surface area (Å²) in [4.78, 5) is -0.668. The smallest absolute Gasteiger partial charge is 0.261 e. The zero-order chi connectivity index (χ0) is 16.1. The van der Waals surface area contributed by atoms with Crippen molar-refractivity contribution in [3.63, 3.8) is 0 Å². The normalized spacial score (nSPS) is 12.8. The maximum Gasteiger partial charge on any atom is 0.261 e. The number of sulfonamides is 1. The van der Waals surface area contributed by atoms with Crippen molar-refractivity contribution in [1.29, 1.82) is 0 Å². The zero-order valence-corrected chi connectivity index (χ0v) is 12.9. The molecule has 0 saturated heterocycles. The first-order valence-corrected chi connectivity index (χ1v) is 9.32. The van der Waals surface area contributed by atoms with Gasteiger partial charge in [0.2, 0.25) is 10.0 Å². The Hall–Kier alpha value is -0.810. The Balaban J connectivity index is 2.71. The summed E-state index contributed by atoms with van der Waals surface area (Å²) >= 11 is 0. The number of halogens is 3. The maximum absolute atomic E-state index is 11.9. The Morgan fingerprint density at radius 2 is 1.81 bits per heavy atom. The predicted octanol–water partition coefficient (Wildman–Crippen LogP) is 1.17. The lowest BCUT2D eigenvalue weighted by Gasteiger charge is -2.08. The summed E-state index contributed by atoms with van der Waals surface area (Å²) in [5, 5.41) is 0. The molecule has 11 heteroatoms. The standard InChI is InChI=1S/C10H12ClF2NO5S2/c11-20(15,16)8-2-1-3-9(6-8)21(17,18)14-4-5-19-7-10(12)13/h1-3,6,10,14H,4-5,7H2. The Morgan fingerprint density at radius 3 is 2.38 bits per heavy atom. The Morgan fingerprint density at radius 1 is 1.19 bits per heavy atom. The van der Waals surface area contributed by atoms with Crippen LogP contribution in [-0.4, -0.2) is 43.0 Å². The summed E-state index contributed by atoms with van der Waals surface area (Å²) in [5.41, 5.74) is 0. The molecule has 0 aromatic heterocycles. The van der Waals surface area contributed by atoms with Crippen LogP contribution in [0.15, 0.2) is 34.1 Å². The van der Waals surface area contributed by atoms with Gasteiger partial charge in [0.25, 0.3) is 15.5 Å². The first-order chi connectivity index (χ1) is 9.63. The fourth-order valence-corrected chi connectivity index (χ4v) is 3.23. The van der Waals surface area contributed by atoms with Gasteiger partial charge in [0.05, 0.1) is 16.4 Å². The van der Waals surface area contributed by atoms with Gasteiger partial charge in [-0.05, 0) is 18.2 Å². The van der Waals surface area contributed by atoms with Crippen LogP contribution in [0.25, 0.3) is 0 Å². The van der Waals surface area contributed by atoms with Crippen molar-refractivity contribution >= 4 is 29.8 Å². The molecule has 0 atom stereocenters. The SMILES string of the molecule is O=S(=O)(Cl)c1cccc(S(=O)(=O)NCCOCC(F)F)c1.